The lowest BCUT2D eigenvalue weighted by molar-refractivity contribution is 0.0697. The van der Waals surface area contributed by atoms with E-state index in [0.29, 0.717) is 12.2 Å². The van der Waals surface area contributed by atoms with E-state index in [1.165, 1.54) is 18.6 Å². The van der Waals surface area contributed by atoms with Crippen LogP contribution in [0.4, 0.5) is 10.5 Å². The van der Waals surface area contributed by atoms with Crippen LogP contribution in [0.25, 0.3) is 0 Å². The van der Waals surface area contributed by atoms with Crippen molar-refractivity contribution in [3.8, 4) is 0 Å². The number of halogens is 1. The summed E-state index contributed by atoms with van der Waals surface area (Å²) in [6.07, 6.45) is 4.56. The average molecular weight is 311 g/mol. The first kappa shape index (κ1) is 15.6. The summed E-state index contributed by atoms with van der Waals surface area (Å²) in [5, 5.41) is 14.6. The molecular formula is C15H19ClN2O3. The zero-order valence-corrected chi connectivity index (χ0v) is 12.7. The fraction of sp³-hybridized carbons (Fsp3) is 0.467. The first-order chi connectivity index (χ1) is 9.96. The molecule has 0 atom stereocenters. The zero-order valence-electron chi connectivity index (χ0n) is 11.9. The number of hydrogen-bond donors (Lipinski definition) is 3. The molecule has 114 valence electrons. The number of urea groups is 1. The molecule has 0 unspecified atom stereocenters. The maximum absolute atomic E-state index is 11.9. The Morgan fingerprint density at radius 3 is 2.62 bits per heavy atom. The Morgan fingerprint density at radius 1 is 1.38 bits per heavy atom. The number of rotatable bonds is 5. The van der Waals surface area contributed by atoms with Crippen molar-refractivity contribution in [2.45, 2.75) is 32.6 Å². The molecule has 0 aromatic heterocycles. The summed E-state index contributed by atoms with van der Waals surface area (Å²) in [6, 6.07) is 4.06. The minimum atomic E-state index is -1.12. The predicted octanol–water partition coefficient (Wildman–Crippen LogP) is 3.74. The molecule has 0 bridgehead atoms. The van der Waals surface area contributed by atoms with Gasteiger partial charge in [0, 0.05) is 12.2 Å². The van der Waals surface area contributed by atoms with Gasteiger partial charge in [0.25, 0.3) is 0 Å². The maximum Gasteiger partial charge on any atom is 0.337 e. The number of carbonyl (C=O) groups excluding carboxylic acids is 1. The monoisotopic (exact) mass is 310 g/mol. The number of amides is 2. The molecule has 1 fully saturated rings. The van der Waals surface area contributed by atoms with Gasteiger partial charge in [0.15, 0.2) is 0 Å². The highest BCUT2D eigenvalue weighted by molar-refractivity contribution is 6.33. The zero-order chi connectivity index (χ0) is 15.5. The summed E-state index contributed by atoms with van der Waals surface area (Å²) in [5.41, 5.74) is 0.621. The third-order valence-corrected chi connectivity index (χ3v) is 4.57. The second kappa shape index (κ2) is 6.35. The van der Waals surface area contributed by atoms with Crippen molar-refractivity contribution in [3.05, 3.63) is 28.8 Å². The van der Waals surface area contributed by atoms with E-state index >= 15 is 0 Å². The summed E-state index contributed by atoms with van der Waals surface area (Å²) < 4.78 is 0. The molecule has 1 aliphatic rings. The average Bonchev–Trinajstić information content (AvgIpc) is 2.40. The number of carboxylic acids is 1. The van der Waals surface area contributed by atoms with E-state index in [-0.39, 0.29) is 22.0 Å². The molecule has 0 radical (unpaired) electrons. The number of anilines is 1. The maximum atomic E-state index is 11.9. The molecule has 6 heteroatoms. The second-order valence-electron chi connectivity index (χ2n) is 5.51. The Hall–Kier alpha value is -1.75. The van der Waals surface area contributed by atoms with Crippen LogP contribution in [0.1, 0.15) is 43.0 Å². The smallest absolute Gasteiger partial charge is 0.337 e. The number of hydrogen-bond acceptors (Lipinski definition) is 2. The van der Waals surface area contributed by atoms with Crippen LogP contribution in [0.5, 0.6) is 0 Å². The minimum absolute atomic E-state index is 0.0292. The van der Waals surface area contributed by atoms with Gasteiger partial charge < -0.3 is 15.7 Å². The highest BCUT2D eigenvalue weighted by Gasteiger charge is 2.35. The third-order valence-electron chi connectivity index (χ3n) is 4.24. The Balaban J connectivity index is 1.93. The molecule has 0 aliphatic heterocycles. The molecule has 2 rings (SSSR count). The second-order valence-corrected chi connectivity index (χ2v) is 5.92. The van der Waals surface area contributed by atoms with Crippen molar-refractivity contribution in [1.82, 2.24) is 5.32 Å². The quantitative estimate of drug-likeness (QED) is 0.775. The van der Waals surface area contributed by atoms with Crippen LogP contribution in [0, 0.1) is 5.41 Å². The van der Waals surface area contributed by atoms with Crippen LogP contribution in [0.3, 0.4) is 0 Å². The number of carboxylic acid groups (broad SMARTS) is 1. The van der Waals surface area contributed by atoms with Crippen LogP contribution >= 0.6 is 11.6 Å². The Morgan fingerprint density at radius 2 is 2.10 bits per heavy atom. The molecule has 1 saturated carbocycles. The molecule has 2 amide bonds. The standard InChI is InChI=1S/C15H19ClN2O3/c1-2-15(6-3-7-15)9-17-14(21)18-10-4-5-12(16)11(8-10)13(19)20/h4-5,8H,2-3,6-7,9H2,1H3,(H,19,20)(H2,17,18,21). The van der Waals surface area contributed by atoms with Crippen molar-refractivity contribution >= 4 is 29.3 Å². The molecule has 5 nitrogen and oxygen atoms in total. The molecule has 0 heterocycles. The first-order valence-corrected chi connectivity index (χ1v) is 7.41. The van der Waals surface area contributed by atoms with Gasteiger partial charge in [-0.2, -0.15) is 0 Å². The topological polar surface area (TPSA) is 78.4 Å². The van der Waals surface area contributed by atoms with E-state index in [4.69, 9.17) is 16.7 Å². The molecule has 0 saturated heterocycles. The first-order valence-electron chi connectivity index (χ1n) is 7.03. The SMILES string of the molecule is CCC1(CNC(=O)Nc2ccc(Cl)c(C(=O)O)c2)CCC1. The van der Waals surface area contributed by atoms with E-state index in [1.807, 2.05) is 0 Å². The highest BCUT2D eigenvalue weighted by Crippen LogP contribution is 2.43. The Labute approximate surface area is 128 Å². The lowest BCUT2D eigenvalue weighted by Crippen LogP contribution is -2.43. The van der Waals surface area contributed by atoms with Gasteiger partial charge >= 0.3 is 12.0 Å². The summed E-state index contributed by atoms with van der Waals surface area (Å²) >= 11 is 5.78. The van der Waals surface area contributed by atoms with E-state index in [9.17, 15) is 9.59 Å². The summed E-state index contributed by atoms with van der Waals surface area (Å²) in [4.78, 5) is 22.9. The van der Waals surface area contributed by atoms with Crippen molar-refractivity contribution in [3.63, 3.8) is 0 Å². The van der Waals surface area contributed by atoms with E-state index in [0.717, 1.165) is 19.3 Å². The van der Waals surface area contributed by atoms with Crippen LogP contribution < -0.4 is 10.6 Å². The molecular weight excluding hydrogens is 292 g/mol. The normalized spacial score (nSPS) is 15.9. The highest BCUT2D eigenvalue weighted by atomic mass is 35.5. The van der Waals surface area contributed by atoms with E-state index < -0.39 is 5.97 Å². The van der Waals surface area contributed by atoms with Crippen molar-refractivity contribution in [1.29, 1.82) is 0 Å². The van der Waals surface area contributed by atoms with Gasteiger partial charge in [0.1, 0.15) is 0 Å². The van der Waals surface area contributed by atoms with Crippen LogP contribution in [0.15, 0.2) is 18.2 Å². The fourth-order valence-electron chi connectivity index (χ4n) is 2.54. The van der Waals surface area contributed by atoms with Crippen LogP contribution in [-0.4, -0.2) is 23.7 Å². The Kier molecular flexibility index (Phi) is 4.73. The molecule has 1 aromatic carbocycles. The number of nitrogens with one attached hydrogen (secondary N) is 2. The summed E-state index contributed by atoms with van der Waals surface area (Å²) in [6.45, 7) is 2.78. The van der Waals surface area contributed by atoms with Gasteiger partial charge in [0.05, 0.1) is 10.6 Å². The number of aromatic carboxylic acids is 1. The van der Waals surface area contributed by atoms with Gasteiger partial charge in [-0.15, -0.1) is 0 Å². The van der Waals surface area contributed by atoms with Gasteiger partial charge in [-0.1, -0.05) is 24.9 Å². The van der Waals surface area contributed by atoms with Gasteiger partial charge in [-0.05, 0) is 42.9 Å². The number of carbonyl (C=O) groups is 2. The molecule has 0 spiro atoms. The van der Waals surface area contributed by atoms with Crippen molar-refractivity contribution in [2.75, 3.05) is 11.9 Å². The molecule has 21 heavy (non-hydrogen) atoms. The minimum Gasteiger partial charge on any atom is -0.478 e. The molecule has 1 aromatic rings. The van der Waals surface area contributed by atoms with E-state index in [1.54, 1.807) is 6.07 Å². The van der Waals surface area contributed by atoms with Crippen LogP contribution in [-0.2, 0) is 0 Å². The lowest BCUT2D eigenvalue weighted by Gasteiger charge is -2.41. The predicted molar refractivity (Wildman–Crippen MR) is 82.0 cm³/mol. The molecule has 3 N–H and O–H groups in total. The summed E-state index contributed by atoms with van der Waals surface area (Å²) in [5.74, 6) is -1.12. The van der Waals surface area contributed by atoms with Crippen molar-refractivity contribution in [2.24, 2.45) is 5.41 Å². The van der Waals surface area contributed by atoms with Gasteiger partial charge in [0.2, 0.25) is 0 Å². The van der Waals surface area contributed by atoms with Gasteiger partial charge in [-0.25, -0.2) is 9.59 Å². The third kappa shape index (κ3) is 3.67. The number of benzene rings is 1. The van der Waals surface area contributed by atoms with Crippen molar-refractivity contribution < 1.29 is 14.7 Å². The van der Waals surface area contributed by atoms with Gasteiger partial charge in [-0.3, -0.25) is 0 Å². The van der Waals surface area contributed by atoms with E-state index in [2.05, 4.69) is 17.6 Å². The summed E-state index contributed by atoms with van der Waals surface area (Å²) in [7, 11) is 0. The lowest BCUT2D eigenvalue weighted by atomic mass is 9.67. The largest absolute Gasteiger partial charge is 0.478 e. The molecule has 1 aliphatic carbocycles. The Bertz CT molecular complexity index is 550. The van der Waals surface area contributed by atoms with Crippen LogP contribution in [0.2, 0.25) is 5.02 Å². The fourth-order valence-corrected chi connectivity index (χ4v) is 2.74.